The van der Waals surface area contributed by atoms with Crippen molar-refractivity contribution in [2.75, 3.05) is 20.6 Å². The lowest BCUT2D eigenvalue weighted by Gasteiger charge is -2.12. The van der Waals surface area contributed by atoms with E-state index >= 15 is 0 Å². The van der Waals surface area contributed by atoms with Crippen LogP contribution in [0.15, 0.2) is 24.3 Å². The van der Waals surface area contributed by atoms with Gasteiger partial charge < -0.3 is 0 Å². The Hall–Kier alpha value is -0.620. The first kappa shape index (κ1) is 14.4. The van der Waals surface area contributed by atoms with Crippen LogP contribution in [0.5, 0.6) is 0 Å². The minimum Gasteiger partial charge on any atom is -0.202 e. The number of aryl methyl sites for hydroxylation is 1. The largest absolute Gasteiger partial charge is 0.278 e. The molecule has 0 amide bonds. The summed E-state index contributed by atoms with van der Waals surface area (Å²) in [4.78, 5) is 0. The molecule has 6 heteroatoms. The highest BCUT2D eigenvalue weighted by Crippen LogP contribution is 2.11. The van der Waals surface area contributed by atoms with Crippen LogP contribution in [0.2, 0.25) is 5.02 Å². The highest BCUT2D eigenvalue weighted by molar-refractivity contribution is 7.87. The van der Waals surface area contributed by atoms with E-state index in [9.17, 15) is 8.42 Å². The van der Waals surface area contributed by atoms with E-state index in [0.29, 0.717) is 11.6 Å². The third-order valence-corrected chi connectivity index (χ3v) is 4.06. The molecular weight excluding hydrogens is 260 g/mol. The second-order valence-corrected chi connectivity index (χ2v) is 6.32. The third-order valence-electron chi connectivity index (χ3n) is 2.30. The zero-order valence-electron chi connectivity index (χ0n) is 9.98. The molecule has 0 bridgehead atoms. The summed E-state index contributed by atoms with van der Waals surface area (Å²) in [6, 6.07) is 7.58. The van der Waals surface area contributed by atoms with Crippen molar-refractivity contribution in [3.63, 3.8) is 0 Å². The van der Waals surface area contributed by atoms with Crippen LogP contribution in [0.3, 0.4) is 0 Å². The van der Waals surface area contributed by atoms with E-state index in [1.807, 2.05) is 24.3 Å². The van der Waals surface area contributed by atoms with Crippen molar-refractivity contribution >= 4 is 21.8 Å². The summed E-state index contributed by atoms with van der Waals surface area (Å²) in [5.41, 5.74) is 1.11. The first-order valence-electron chi connectivity index (χ1n) is 5.33. The van der Waals surface area contributed by atoms with Gasteiger partial charge in [0, 0.05) is 25.7 Å². The fourth-order valence-corrected chi connectivity index (χ4v) is 2.19. The molecule has 0 aliphatic rings. The molecule has 4 nitrogen and oxygen atoms in total. The smallest absolute Gasteiger partial charge is 0.202 e. The lowest BCUT2D eigenvalue weighted by Crippen LogP contribution is -2.36. The van der Waals surface area contributed by atoms with E-state index in [4.69, 9.17) is 11.6 Å². The molecule has 0 saturated heterocycles. The molecule has 1 aromatic carbocycles. The van der Waals surface area contributed by atoms with E-state index in [1.54, 1.807) is 0 Å². The second kappa shape index (κ2) is 6.35. The number of hydrogen-bond donors (Lipinski definition) is 1. The highest BCUT2D eigenvalue weighted by atomic mass is 35.5. The molecule has 96 valence electrons. The second-order valence-electron chi connectivity index (χ2n) is 3.92. The predicted octanol–water partition coefficient (Wildman–Crippen LogP) is 1.67. The van der Waals surface area contributed by atoms with Crippen molar-refractivity contribution in [2.45, 2.75) is 12.8 Å². The molecule has 0 aliphatic carbocycles. The summed E-state index contributed by atoms with van der Waals surface area (Å²) in [5.74, 6) is 0. The van der Waals surface area contributed by atoms with Crippen LogP contribution in [-0.2, 0) is 16.6 Å². The van der Waals surface area contributed by atoms with Gasteiger partial charge in [-0.3, -0.25) is 0 Å². The quantitative estimate of drug-likeness (QED) is 0.804. The van der Waals surface area contributed by atoms with Crippen LogP contribution >= 0.6 is 11.6 Å². The van der Waals surface area contributed by atoms with Gasteiger partial charge in [-0.25, -0.2) is 4.72 Å². The zero-order chi connectivity index (χ0) is 12.9. The average Bonchev–Trinajstić information content (AvgIpc) is 2.24. The maximum atomic E-state index is 11.4. The third kappa shape index (κ3) is 5.04. The summed E-state index contributed by atoms with van der Waals surface area (Å²) in [6.07, 6.45) is 1.55. The SMILES string of the molecule is CN(C)S(=O)(=O)NCCCc1cccc(Cl)c1. The first-order valence-corrected chi connectivity index (χ1v) is 7.15. The lowest BCUT2D eigenvalue weighted by molar-refractivity contribution is 0.504. The Morgan fingerprint density at radius 2 is 2.06 bits per heavy atom. The van der Waals surface area contributed by atoms with Gasteiger partial charge in [0.05, 0.1) is 0 Å². The van der Waals surface area contributed by atoms with E-state index in [-0.39, 0.29) is 0 Å². The first-order chi connectivity index (χ1) is 7.92. The summed E-state index contributed by atoms with van der Waals surface area (Å²) < 4.78 is 26.4. The average molecular weight is 277 g/mol. The molecule has 0 saturated carbocycles. The van der Waals surface area contributed by atoms with Crippen molar-refractivity contribution < 1.29 is 8.42 Å². The topological polar surface area (TPSA) is 49.4 Å². The molecule has 0 aliphatic heterocycles. The number of hydrogen-bond acceptors (Lipinski definition) is 2. The van der Waals surface area contributed by atoms with Crippen LogP contribution in [0, 0.1) is 0 Å². The van der Waals surface area contributed by atoms with E-state index in [0.717, 1.165) is 22.7 Å². The Kier molecular flexibility index (Phi) is 5.39. The molecule has 0 unspecified atom stereocenters. The minimum absolute atomic E-state index is 0.424. The number of rotatable bonds is 6. The van der Waals surface area contributed by atoms with Crippen molar-refractivity contribution in [1.29, 1.82) is 0 Å². The van der Waals surface area contributed by atoms with Gasteiger partial charge in [0.25, 0.3) is 10.2 Å². The maximum Gasteiger partial charge on any atom is 0.278 e. The Morgan fingerprint density at radius 3 is 2.65 bits per heavy atom. The van der Waals surface area contributed by atoms with Gasteiger partial charge in [0.15, 0.2) is 0 Å². The highest BCUT2D eigenvalue weighted by Gasteiger charge is 2.11. The Morgan fingerprint density at radius 1 is 1.35 bits per heavy atom. The van der Waals surface area contributed by atoms with Gasteiger partial charge >= 0.3 is 0 Å². The number of benzene rings is 1. The van der Waals surface area contributed by atoms with E-state index < -0.39 is 10.2 Å². The molecule has 0 fully saturated rings. The molecule has 0 atom stereocenters. The molecule has 1 aromatic rings. The fraction of sp³-hybridized carbons (Fsp3) is 0.455. The molecule has 0 spiro atoms. The zero-order valence-corrected chi connectivity index (χ0v) is 11.6. The standard InChI is InChI=1S/C11H17ClN2O2S/c1-14(2)17(15,16)13-8-4-6-10-5-3-7-11(12)9-10/h3,5,7,9,13H,4,6,8H2,1-2H3. The molecule has 0 heterocycles. The van der Waals surface area contributed by atoms with Crippen LogP contribution < -0.4 is 4.72 Å². The molecule has 17 heavy (non-hydrogen) atoms. The Balaban J connectivity index is 2.35. The van der Waals surface area contributed by atoms with Gasteiger partial charge in [0.2, 0.25) is 0 Å². The van der Waals surface area contributed by atoms with E-state index in [1.165, 1.54) is 14.1 Å². The molecule has 0 radical (unpaired) electrons. The molecular formula is C11H17ClN2O2S. The van der Waals surface area contributed by atoms with Crippen molar-refractivity contribution in [1.82, 2.24) is 9.03 Å². The van der Waals surface area contributed by atoms with Gasteiger partial charge in [0.1, 0.15) is 0 Å². The monoisotopic (exact) mass is 276 g/mol. The van der Waals surface area contributed by atoms with Gasteiger partial charge in [-0.05, 0) is 30.5 Å². The van der Waals surface area contributed by atoms with Gasteiger partial charge in [-0.2, -0.15) is 12.7 Å². The number of nitrogens with one attached hydrogen (secondary N) is 1. The summed E-state index contributed by atoms with van der Waals surface area (Å²) >= 11 is 5.85. The van der Waals surface area contributed by atoms with Crippen molar-refractivity contribution in [3.8, 4) is 0 Å². The van der Waals surface area contributed by atoms with Gasteiger partial charge in [-0.1, -0.05) is 23.7 Å². The Bertz CT molecular complexity index is 460. The molecule has 0 aromatic heterocycles. The van der Waals surface area contributed by atoms with Crippen LogP contribution in [0.4, 0.5) is 0 Å². The Labute approximate surface area is 108 Å². The van der Waals surface area contributed by atoms with Crippen LogP contribution in [0.25, 0.3) is 0 Å². The van der Waals surface area contributed by atoms with Gasteiger partial charge in [-0.15, -0.1) is 0 Å². The number of halogens is 1. The normalized spacial score (nSPS) is 12.0. The predicted molar refractivity (Wildman–Crippen MR) is 70.4 cm³/mol. The van der Waals surface area contributed by atoms with Crippen LogP contribution in [-0.4, -0.2) is 33.4 Å². The lowest BCUT2D eigenvalue weighted by atomic mass is 10.1. The fourth-order valence-electron chi connectivity index (χ4n) is 1.32. The van der Waals surface area contributed by atoms with Crippen LogP contribution in [0.1, 0.15) is 12.0 Å². The maximum absolute atomic E-state index is 11.4. The minimum atomic E-state index is -3.30. The van der Waals surface area contributed by atoms with Crippen molar-refractivity contribution in [3.05, 3.63) is 34.9 Å². The molecule has 1 N–H and O–H groups in total. The number of nitrogens with zero attached hydrogens (tertiary/aromatic N) is 1. The van der Waals surface area contributed by atoms with Crippen molar-refractivity contribution in [2.24, 2.45) is 0 Å². The molecule has 1 rings (SSSR count). The van der Waals surface area contributed by atoms with E-state index in [2.05, 4.69) is 4.72 Å². The summed E-state index contributed by atoms with van der Waals surface area (Å²) in [5, 5.41) is 0.705. The summed E-state index contributed by atoms with van der Waals surface area (Å²) in [7, 11) is -0.305. The summed E-state index contributed by atoms with van der Waals surface area (Å²) in [6.45, 7) is 0.424.